The predicted octanol–water partition coefficient (Wildman–Crippen LogP) is 1.47. The minimum Gasteiger partial charge on any atom is -0.486 e. The first-order valence-corrected chi connectivity index (χ1v) is 12.0. The molecule has 3 aromatic rings. The van der Waals surface area contributed by atoms with Crippen LogP contribution in [-0.4, -0.2) is 64.7 Å². The number of hydrogen-bond acceptors (Lipinski definition) is 8. The summed E-state index contributed by atoms with van der Waals surface area (Å²) in [4.78, 5) is 21.2. The van der Waals surface area contributed by atoms with Gasteiger partial charge in [0.25, 0.3) is 0 Å². The molecule has 0 radical (unpaired) electrons. The molecule has 0 atom stereocenters. The molecule has 1 saturated heterocycles. The average molecular weight is 471 g/mol. The molecule has 0 saturated carbocycles. The van der Waals surface area contributed by atoms with Crippen LogP contribution in [0, 0.1) is 5.92 Å². The second kappa shape index (κ2) is 8.79. The van der Waals surface area contributed by atoms with Crippen LogP contribution in [0.25, 0.3) is 5.82 Å². The number of hydrogen-bond donors (Lipinski definition) is 1. The fourth-order valence-electron chi connectivity index (χ4n) is 3.92. The zero-order valence-electron chi connectivity index (χ0n) is 17.6. The van der Waals surface area contributed by atoms with Crippen molar-refractivity contribution in [2.45, 2.75) is 17.7 Å². The van der Waals surface area contributed by atoms with Crippen LogP contribution in [0.2, 0.25) is 0 Å². The van der Waals surface area contributed by atoms with E-state index in [4.69, 9.17) is 9.47 Å². The Balaban J connectivity index is 1.25. The van der Waals surface area contributed by atoms with E-state index < -0.39 is 10.0 Å². The van der Waals surface area contributed by atoms with Gasteiger partial charge in [-0.3, -0.25) is 4.79 Å². The predicted molar refractivity (Wildman–Crippen MR) is 117 cm³/mol. The zero-order valence-corrected chi connectivity index (χ0v) is 18.4. The number of sulfonamides is 1. The van der Waals surface area contributed by atoms with E-state index in [1.54, 1.807) is 24.4 Å². The fraction of sp³-hybridized carbons (Fsp3) is 0.333. The van der Waals surface area contributed by atoms with Crippen molar-refractivity contribution in [3.63, 3.8) is 0 Å². The van der Waals surface area contributed by atoms with Gasteiger partial charge >= 0.3 is 0 Å². The van der Waals surface area contributed by atoms with Crippen LogP contribution in [0.5, 0.6) is 11.5 Å². The summed E-state index contributed by atoms with van der Waals surface area (Å²) in [5.74, 6) is 0.927. The number of carbonyl (C=O) groups is 1. The quantitative estimate of drug-likeness (QED) is 0.594. The van der Waals surface area contributed by atoms with E-state index in [2.05, 4.69) is 20.4 Å². The lowest BCUT2D eigenvalue weighted by atomic mass is 9.97. The number of anilines is 1. The minimum absolute atomic E-state index is 0.155. The van der Waals surface area contributed by atoms with Crippen LogP contribution in [0.3, 0.4) is 0 Å². The SMILES string of the molecule is O=C(Nc1cccnc1-n1cncn1)C1CCN(S(=O)(=O)c2ccc3c(c2)OCCO3)CC1. The third-order valence-electron chi connectivity index (χ3n) is 5.66. The number of carbonyl (C=O) groups excluding carboxylic acids is 1. The van der Waals surface area contributed by atoms with Gasteiger partial charge in [0.2, 0.25) is 15.9 Å². The van der Waals surface area contributed by atoms with Gasteiger partial charge in [0.1, 0.15) is 25.9 Å². The topological polar surface area (TPSA) is 129 Å². The molecule has 4 heterocycles. The lowest BCUT2D eigenvalue weighted by Crippen LogP contribution is -2.41. The van der Waals surface area contributed by atoms with Gasteiger partial charge in [-0.05, 0) is 37.1 Å². The summed E-state index contributed by atoms with van der Waals surface area (Å²) >= 11 is 0. The first-order valence-electron chi connectivity index (χ1n) is 10.5. The number of rotatable bonds is 5. The Kier molecular flexibility index (Phi) is 5.68. The van der Waals surface area contributed by atoms with Gasteiger partial charge in [-0.2, -0.15) is 9.40 Å². The van der Waals surface area contributed by atoms with Gasteiger partial charge in [0.05, 0.1) is 10.6 Å². The molecular weight excluding hydrogens is 448 g/mol. The minimum atomic E-state index is -3.70. The number of ether oxygens (including phenoxy) is 2. The zero-order chi connectivity index (χ0) is 22.8. The molecule has 33 heavy (non-hydrogen) atoms. The van der Waals surface area contributed by atoms with Crippen molar-refractivity contribution in [1.29, 1.82) is 0 Å². The van der Waals surface area contributed by atoms with Crippen molar-refractivity contribution >= 4 is 21.6 Å². The molecule has 1 fully saturated rings. The normalized spacial score (nSPS) is 17.0. The maximum absolute atomic E-state index is 13.1. The summed E-state index contributed by atoms with van der Waals surface area (Å²) in [5.41, 5.74) is 0.513. The maximum atomic E-state index is 13.1. The Morgan fingerprint density at radius 2 is 1.88 bits per heavy atom. The monoisotopic (exact) mass is 470 g/mol. The second-order valence-corrected chi connectivity index (χ2v) is 9.63. The van der Waals surface area contributed by atoms with E-state index in [0.29, 0.717) is 49.1 Å². The summed E-state index contributed by atoms with van der Waals surface area (Å²) in [6, 6.07) is 8.09. The molecule has 1 N–H and O–H groups in total. The first-order chi connectivity index (χ1) is 16.0. The Bertz CT molecular complexity index is 1260. The van der Waals surface area contributed by atoms with Crippen molar-refractivity contribution in [2.24, 2.45) is 5.92 Å². The number of fused-ring (bicyclic) bond motifs is 1. The Morgan fingerprint density at radius 3 is 2.64 bits per heavy atom. The summed E-state index contributed by atoms with van der Waals surface area (Å²) in [5, 5.41) is 6.96. The number of amides is 1. The largest absolute Gasteiger partial charge is 0.486 e. The molecule has 0 bridgehead atoms. The average Bonchev–Trinajstić information content (AvgIpc) is 3.39. The summed E-state index contributed by atoms with van der Waals surface area (Å²) < 4.78 is 40.1. The number of nitrogens with one attached hydrogen (secondary N) is 1. The molecule has 2 aliphatic rings. The van der Waals surface area contributed by atoms with E-state index >= 15 is 0 Å². The number of benzene rings is 1. The fourth-order valence-corrected chi connectivity index (χ4v) is 5.41. The smallest absolute Gasteiger partial charge is 0.243 e. The number of pyridine rings is 1. The molecule has 0 unspecified atom stereocenters. The van der Waals surface area contributed by atoms with E-state index in [9.17, 15) is 13.2 Å². The van der Waals surface area contributed by atoms with Crippen molar-refractivity contribution < 1.29 is 22.7 Å². The molecule has 2 aliphatic heterocycles. The Morgan fingerprint density at radius 1 is 1.09 bits per heavy atom. The molecular formula is C21H22N6O5S. The highest BCUT2D eigenvalue weighted by Crippen LogP contribution is 2.34. The molecule has 1 aromatic carbocycles. The van der Waals surface area contributed by atoms with Crippen LogP contribution >= 0.6 is 0 Å². The Labute approximate surface area is 190 Å². The molecule has 12 heteroatoms. The van der Waals surface area contributed by atoms with Gasteiger partial charge in [-0.25, -0.2) is 23.1 Å². The highest BCUT2D eigenvalue weighted by atomic mass is 32.2. The molecule has 172 valence electrons. The van der Waals surface area contributed by atoms with Crippen LogP contribution in [0.4, 0.5) is 5.69 Å². The molecule has 11 nitrogen and oxygen atoms in total. The lowest BCUT2D eigenvalue weighted by molar-refractivity contribution is -0.120. The molecule has 2 aromatic heterocycles. The van der Waals surface area contributed by atoms with E-state index in [1.165, 1.54) is 33.8 Å². The van der Waals surface area contributed by atoms with Crippen molar-refractivity contribution in [2.75, 3.05) is 31.6 Å². The maximum Gasteiger partial charge on any atom is 0.243 e. The van der Waals surface area contributed by atoms with Crippen molar-refractivity contribution in [1.82, 2.24) is 24.1 Å². The van der Waals surface area contributed by atoms with E-state index in [0.717, 1.165) is 0 Å². The van der Waals surface area contributed by atoms with E-state index in [1.807, 2.05) is 0 Å². The second-order valence-electron chi connectivity index (χ2n) is 7.69. The Hall–Kier alpha value is -3.51. The van der Waals surface area contributed by atoms with Gasteiger partial charge in [-0.15, -0.1) is 0 Å². The van der Waals surface area contributed by atoms with Gasteiger partial charge in [0.15, 0.2) is 17.3 Å². The number of aromatic nitrogens is 4. The van der Waals surface area contributed by atoms with Crippen molar-refractivity contribution in [3.8, 4) is 17.3 Å². The number of nitrogens with zero attached hydrogens (tertiary/aromatic N) is 5. The van der Waals surface area contributed by atoms with Gasteiger partial charge < -0.3 is 14.8 Å². The number of piperidine rings is 1. The summed E-state index contributed by atoms with van der Waals surface area (Å²) in [6.45, 7) is 1.32. The highest BCUT2D eigenvalue weighted by molar-refractivity contribution is 7.89. The third kappa shape index (κ3) is 4.26. The van der Waals surface area contributed by atoms with E-state index in [-0.39, 0.29) is 29.8 Å². The van der Waals surface area contributed by atoms with Crippen LogP contribution in [-0.2, 0) is 14.8 Å². The highest BCUT2D eigenvalue weighted by Gasteiger charge is 2.33. The van der Waals surface area contributed by atoms with Gasteiger partial charge in [0, 0.05) is 31.3 Å². The summed E-state index contributed by atoms with van der Waals surface area (Å²) in [6.07, 6.45) is 5.31. The lowest BCUT2D eigenvalue weighted by Gasteiger charge is -2.31. The molecule has 1 amide bonds. The van der Waals surface area contributed by atoms with Crippen LogP contribution in [0.1, 0.15) is 12.8 Å². The first kappa shape index (κ1) is 21.3. The molecule has 5 rings (SSSR count). The molecule has 0 aliphatic carbocycles. The standard InChI is InChI=1S/C21H22N6O5S/c28-21(25-17-2-1-7-23-20(17)27-14-22-13-24-27)15-5-8-26(9-6-15)33(29,30)16-3-4-18-19(12-16)32-11-10-31-18/h1-4,7,12-15H,5-6,8-11H2,(H,25,28). The third-order valence-corrected chi connectivity index (χ3v) is 7.55. The molecule has 0 spiro atoms. The van der Waals surface area contributed by atoms with Crippen LogP contribution in [0.15, 0.2) is 54.1 Å². The van der Waals surface area contributed by atoms with Crippen LogP contribution < -0.4 is 14.8 Å². The van der Waals surface area contributed by atoms with Crippen molar-refractivity contribution in [3.05, 3.63) is 49.2 Å². The summed E-state index contributed by atoms with van der Waals surface area (Å²) in [7, 11) is -3.70. The van der Waals surface area contributed by atoms with Gasteiger partial charge in [-0.1, -0.05) is 0 Å².